The molecule has 1 rings (SSSR count). The van der Waals surface area contributed by atoms with Crippen molar-refractivity contribution in [3.63, 3.8) is 0 Å². The fourth-order valence-electron chi connectivity index (χ4n) is 1.80. The Morgan fingerprint density at radius 1 is 0.914 bits per heavy atom. The zero-order valence-corrected chi connectivity index (χ0v) is 19.4. The zero-order valence-electron chi connectivity index (χ0n) is 17.0. The van der Waals surface area contributed by atoms with E-state index in [1.807, 2.05) is 0 Å². The van der Waals surface area contributed by atoms with Gasteiger partial charge in [-0.3, -0.25) is 8.74 Å². The molecule has 0 spiro atoms. The molecule has 1 aromatic carbocycles. The maximum absolute atomic E-state index is 13.8. The Kier molecular flexibility index (Phi) is 8.67. The van der Waals surface area contributed by atoms with Crippen molar-refractivity contribution < 1.29 is 74.0 Å². The lowest BCUT2D eigenvalue weighted by atomic mass is 10.3. The lowest BCUT2D eigenvalue weighted by Gasteiger charge is -2.29. The fourth-order valence-corrected chi connectivity index (χ4v) is 4.12. The third-order valence-electron chi connectivity index (χ3n) is 3.59. The summed E-state index contributed by atoms with van der Waals surface area (Å²) in [4.78, 5) is 10.4. The number of hydrogen-bond donors (Lipinski definition) is 1. The molecule has 0 aliphatic rings. The van der Waals surface area contributed by atoms with Crippen LogP contribution in [0.25, 0.3) is 0 Å². The number of benzene rings is 1. The number of esters is 1. The third kappa shape index (κ3) is 6.23. The van der Waals surface area contributed by atoms with Crippen molar-refractivity contribution in [2.24, 2.45) is 0 Å². The molecule has 0 fully saturated rings. The topological polar surface area (TPSA) is 167 Å². The second-order valence-electron chi connectivity index (χ2n) is 6.28. The van der Waals surface area contributed by atoms with Gasteiger partial charge in [-0.15, -0.1) is 0 Å². The maximum atomic E-state index is 13.8. The monoisotopic (exact) mass is 580 g/mol. The van der Waals surface area contributed by atoms with Crippen molar-refractivity contribution in [1.29, 1.82) is 0 Å². The normalized spacial score (nSPS) is 13.8. The first-order chi connectivity index (χ1) is 15.5. The number of hydrogen-bond acceptors (Lipinski definition) is 10. The summed E-state index contributed by atoms with van der Waals surface area (Å²) < 4.78 is 169. The Bertz CT molecular complexity index is 1290. The molecule has 0 aliphatic carbocycles. The van der Waals surface area contributed by atoms with E-state index in [4.69, 9.17) is 4.55 Å². The van der Waals surface area contributed by atoms with Crippen LogP contribution in [0.4, 0.5) is 26.3 Å². The van der Waals surface area contributed by atoms with Crippen molar-refractivity contribution in [2.45, 2.75) is 28.3 Å². The lowest BCUT2D eigenvalue weighted by molar-refractivity contribution is -0.247. The first-order valence-electron chi connectivity index (χ1n) is 8.38. The largest absolute Gasteiger partial charge is 0.460 e. The summed E-state index contributed by atoms with van der Waals surface area (Å²) in [5, 5.41) is -13.9. The van der Waals surface area contributed by atoms with Crippen molar-refractivity contribution in [3.05, 3.63) is 36.4 Å². The molecule has 0 radical (unpaired) electrons. The molecular formula is C15H14F6O11S3. The van der Waals surface area contributed by atoms with Crippen LogP contribution in [0.5, 0.6) is 5.75 Å². The van der Waals surface area contributed by atoms with Crippen LogP contribution in [0.3, 0.4) is 0 Å². The first-order valence-corrected chi connectivity index (χ1v) is 12.6. The van der Waals surface area contributed by atoms with Gasteiger partial charge in [0.1, 0.15) is 19.0 Å². The van der Waals surface area contributed by atoms with E-state index < -0.39 is 76.6 Å². The van der Waals surface area contributed by atoms with E-state index in [-0.39, 0.29) is 5.57 Å². The van der Waals surface area contributed by atoms with Crippen LogP contribution in [0.2, 0.25) is 0 Å². The van der Waals surface area contributed by atoms with Crippen molar-refractivity contribution in [2.75, 3.05) is 13.2 Å². The number of ether oxygens (including phenoxy) is 1. The fraction of sp³-hybridized carbons (Fsp3) is 0.400. The summed E-state index contributed by atoms with van der Waals surface area (Å²) in [6, 6.07) is 1.60. The Balaban J connectivity index is 3.06. The van der Waals surface area contributed by atoms with Gasteiger partial charge in [-0.25, -0.2) is 4.79 Å². The number of alkyl halides is 6. The molecule has 0 atom stereocenters. The number of carbonyl (C=O) groups is 1. The Morgan fingerprint density at radius 2 is 1.40 bits per heavy atom. The van der Waals surface area contributed by atoms with Crippen LogP contribution in [-0.4, -0.2) is 65.4 Å². The van der Waals surface area contributed by atoms with Gasteiger partial charge in [-0.2, -0.15) is 51.6 Å². The lowest BCUT2D eigenvalue weighted by Crippen LogP contribution is -2.61. The molecule has 1 N–H and O–H groups in total. The number of rotatable bonds is 12. The molecule has 0 unspecified atom stereocenters. The molecule has 0 heterocycles. The summed E-state index contributed by atoms with van der Waals surface area (Å²) in [6.45, 7) is 3.33. The molecule has 0 saturated carbocycles. The Morgan fingerprint density at radius 3 is 1.83 bits per heavy atom. The average Bonchev–Trinajstić information content (AvgIpc) is 2.69. The predicted octanol–water partition coefficient (Wildman–Crippen LogP) is 1.93. The highest BCUT2D eigenvalue weighted by molar-refractivity contribution is 7.89. The molecule has 20 heteroatoms. The van der Waals surface area contributed by atoms with Gasteiger partial charge in [-0.1, -0.05) is 6.58 Å². The minimum absolute atomic E-state index is 0.00319. The quantitative estimate of drug-likeness (QED) is 0.0958. The zero-order chi connectivity index (χ0) is 27.7. The van der Waals surface area contributed by atoms with Crippen LogP contribution < -0.4 is 4.18 Å². The summed E-state index contributed by atoms with van der Waals surface area (Å²) >= 11 is 0. The van der Waals surface area contributed by atoms with Gasteiger partial charge >= 0.3 is 42.6 Å². The summed E-state index contributed by atoms with van der Waals surface area (Å²) in [5.74, 6) is -9.35. The highest BCUT2D eigenvalue weighted by atomic mass is 32.2. The van der Waals surface area contributed by atoms with Gasteiger partial charge in [0.15, 0.2) is 0 Å². The smallest absolute Gasteiger partial charge is 0.450 e. The van der Waals surface area contributed by atoms with E-state index in [2.05, 4.69) is 19.7 Å². The van der Waals surface area contributed by atoms with E-state index in [0.29, 0.717) is 24.3 Å². The van der Waals surface area contributed by atoms with Crippen LogP contribution in [-0.2, 0) is 44.1 Å². The summed E-state index contributed by atoms with van der Waals surface area (Å²) in [6.07, 6.45) is 0. The van der Waals surface area contributed by atoms with Crippen molar-refractivity contribution in [1.82, 2.24) is 0 Å². The van der Waals surface area contributed by atoms with E-state index in [1.54, 1.807) is 0 Å². The van der Waals surface area contributed by atoms with Crippen LogP contribution in [0, 0.1) is 0 Å². The maximum Gasteiger partial charge on any atom is 0.450 e. The van der Waals surface area contributed by atoms with Crippen LogP contribution in [0.15, 0.2) is 41.3 Å². The number of carbonyl (C=O) groups excluding carboxylic acids is 1. The minimum atomic E-state index is -7.21. The molecular weight excluding hydrogens is 566 g/mol. The van der Waals surface area contributed by atoms with Gasteiger partial charge in [0, 0.05) is 5.57 Å². The van der Waals surface area contributed by atoms with E-state index in [1.165, 1.54) is 6.92 Å². The highest BCUT2D eigenvalue weighted by Crippen LogP contribution is 2.50. The van der Waals surface area contributed by atoms with E-state index in [9.17, 15) is 56.4 Å². The Hall–Kier alpha value is -2.42. The Labute approximate surface area is 194 Å². The predicted molar refractivity (Wildman–Crippen MR) is 101 cm³/mol. The minimum Gasteiger partial charge on any atom is -0.460 e. The second-order valence-corrected chi connectivity index (χ2v) is 11.0. The molecule has 200 valence electrons. The summed E-state index contributed by atoms with van der Waals surface area (Å²) in [7, 11) is -18.9. The van der Waals surface area contributed by atoms with Gasteiger partial charge in [0.25, 0.3) is 10.1 Å². The SMILES string of the molecule is C=C(C)C(=O)OCCOS(=O)(=O)c1ccc(OS(=O)(=O)C(F)(F)C(F)(F)C(F)(F)S(=O)(=O)O)cc1. The van der Waals surface area contributed by atoms with Crippen LogP contribution in [0.1, 0.15) is 6.92 Å². The first kappa shape index (κ1) is 30.6. The third-order valence-corrected chi connectivity index (χ3v) is 7.12. The molecule has 0 saturated heterocycles. The van der Waals surface area contributed by atoms with Gasteiger partial charge in [0.2, 0.25) is 0 Å². The standard InChI is InChI=1S/C15H14F6O11S3/c1-9(2)12(22)30-7-8-31-33(23,24)11-5-3-10(4-6-11)32-35(28,29)15(20,21)13(16,17)14(18,19)34(25,26)27/h3-6H,1,7-8H2,2H3,(H,25,26,27). The molecule has 0 aliphatic heterocycles. The highest BCUT2D eigenvalue weighted by Gasteiger charge is 2.83. The molecule has 1 aromatic rings. The molecule has 0 aromatic heterocycles. The molecule has 0 bridgehead atoms. The van der Waals surface area contributed by atoms with Crippen LogP contribution >= 0.6 is 0 Å². The van der Waals surface area contributed by atoms with Gasteiger partial charge < -0.3 is 8.92 Å². The van der Waals surface area contributed by atoms with Crippen molar-refractivity contribution >= 4 is 36.3 Å². The number of halogens is 6. The molecule has 35 heavy (non-hydrogen) atoms. The van der Waals surface area contributed by atoms with Crippen molar-refractivity contribution in [3.8, 4) is 5.75 Å². The van der Waals surface area contributed by atoms with Gasteiger partial charge in [0.05, 0.1) is 4.90 Å². The molecule has 0 amide bonds. The summed E-state index contributed by atoms with van der Waals surface area (Å²) in [5.41, 5.74) is 0.00319. The van der Waals surface area contributed by atoms with E-state index >= 15 is 0 Å². The van der Waals surface area contributed by atoms with Gasteiger partial charge in [-0.05, 0) is 31.2 Å². The average molecular weight is 580 g/mol. The molecule has 11 nitrogen and oxygen atoms in total. The second kappa shape index (κ2) is 9.91. The van der Waals surface area contributed by atoms with E-state index in [0.717, 1.165) is 0 Å².